The Morgan fingerprint density at radius 2 is 1.89 bits per heavy atom. The summed E-state index contributed by atoms with van der Waals surface area (Å²) in [5.41, 5.74) is 3.20. The third-order valence-corrected chi connectivity index (χ3v) is 5.44. The van der Waals surface area contributed by atoms with Gasteiger partial charge in [0.05, 0.1) is 24.9 Å². The maximum Gasteiger partial charge on any atom is 0.174 e. The van der Waals surface area contributed by atoms with Crippen molar-refractivity contribution in [3.05, 3.63) is 78.4 Å². The van der Waals surface area contributed by atoms with Gasteiger partial charge in [-0.05, 0) is 74.1 Å². The van der Waals surface area contributed by atoms with Crippen LogP contribution in [0.2, 0.25) is 0 Å². The zero-order valence-electron chi connectivity index (χ0n) is 16.2. The van der Waals surface area contributed by atoms with E-state index >= 15 is 0 Å². The van der Waals surface area contributed by atoms with Crippen molar-refractivity contribution in [2.75, 3.05) is 12.0 Å². The average molecular weight is 393 g/mol. The minimum atomic E-state index is -0.0289. The zero-order valence-corrected chi connectivity index (χ0v) is 17.1. The Balaban J connectivity index is 1.79. The molecule has 0 unspecified atom stereocenters. The summed E-state index contributed by atoms with van der Waals surface area (Å²) in [5, 5.41) is 4.19. The summed E-state index contributed by atoms with van der Waals surface area (Å²) in [6, 6.07) is 16.6. The Kier molecular flexibility index (Phi) is 5.05. The molecule has 2 atom stereocenters. The fourth-order valence-corrected chi connectivity index (χ4v) is 3.99. The summed E-state index contributed by atoms with van der Waals surface area (Å²) in [7, 11) is 1.67. The van der Waals surface area contributed by atoms with Crippen molar-refractivity contribution in [3.8, 4) is 5.75 Å². The molecule has 6 heteroatoms. The molecule has 144 valence electrons. The van der Waals surface area contributed by atoms with Crippen molar-refractivity contribution in [2.45, 2.75) is 32.0 Å². The molecule has 0 saturated carbocycles. The highest BCUT2D eigenvalue weighted by Gasteiger charge is 2.41. The van der Waals surface area contributed by atoms with Gasteiger partial charge < -0.3 is 19.5 Å². The first-order valence-electron chi connectivity index (χ1n) is 9.40. The smallest absolute Gasteiger partial charge is 0.174 e. The largest absolute Gasteiger partial charge is 0.497 e. The second kappa shape index (κ2) is 7.64. The van der Waals surface area contributed by atoms with Crippen molar-refractivity contribution in [2.24, 2.45) is 0 Å². The van der Waals surface area contributed by atoms with Gasteiger partial charge >= 0.3 is 0 Å². The summed E-state index contributed by atoms with van der Waals surface area (Å²) in [6.45, 7) is 4.36. The van der Waals surface area contributed by atoms with Crippen molar-refractivity contribution >= 4 is 23.0 Å². The molecule has 0 bridgehead atoms. The van der Waals surface area contributed by atoms with Gasteiger partial charge in [-0.3, -0.25) is 4.98 Å². The predicted octanol–water partition coefficient (Wildman–Crippen LogP) is 4.65. The molecule has 5 nitrogen and oxygen atoms in total. The maximum absolute atomic E-state index is 5.75. The highest BCUT2D eigenvalue weighted by molar-refractivity contribution is 7.80. The zero-order chi connectivity index (χ0) is 19.7. The van der Waals surface area contributed by atoms with Crippen LogP contribution >= 0.6 is 12.2 Å². The van der Waals surface area contributed by atoms with Gasteiger partial charge in [0.1, 0.15) is 5.75 Å². The molecule has 1 aromatic carbocycles. The van der Waals surface area contributed by atoms with E-state index in [1.54, 1.807) is 7.11 Å². The number of anilines is 1. The van der Waals surface area contributed by atoms with E-state index in [2.05, 4.69) is 52.1 Å². The number of methoxy groups -OCH3 is 1. The average Bonchev–Trinajstić information content (AvgIpc) is 3.33. The number of aromatic nitrogens is 2. The first-order chi connectivity index (χ1) is 13.6. The minimum absolute atomic E-state index is 0.01000. The molecule has 0 aliphatic carbocycles. The van der Waals surface area contributed by atoms with E-state index in [0.29, 0.717) is 11.2 Å². The number of nitrogens with one attached hydrogen (secondary N) is 1. The van der Waals surface area contributed by atoms with Crippen LogP contribution < -0.4 is 15.0 Å². The third kappa shape index (κ3) is 3.36. The van der Waals surface area contributed by atoms with E-state index in [4.69, 9.17) is 17.0 Å². The standard InChI is InChI=1S/C22H24N4OS/c1-15(2)25-13-11-16(14-25)21-20(19-6-4-5-12-23-19)24-22(28)26(21)17-7-9-18(27-3)10-8-17/h4-15,20-21H,1-3H3,(H,24,28)/t20-,21-/m0/s1. The van der Waals surface area contributed by atoms with E-state index < -0.39 is 0 Å². The van der Waals surface area contributed by atoms with Gasteiger partial charge in [-0.15, -0.1) is 0 Å². The Labute approximate surface area is 171 Å². The quantitative estimate of drug-likeness (QED) is 0.640. The van der Waals surface area contributed by atoms with Gasteiger partial charge in [0.15, 0.2) is 5.11 Å². The number of rotatable bonds is 5. The van der Waals surface area contributed by atoms with Gasteiger partial charge in [0.2, 0.25) is 0 Å². The Hall–Kier alpha value is -2.86. The molecule has 3 heterocycles. The molecule has 1 N–H and O–H groups in total. The lowest BCUT2D eigenvalue weighted by Crippen LogP contribution is -2.29. The second-order valence-corrected chi connectivity index (χ2v) is 7.57. The molecule has 0 radical (unpaired) electrons. The van der Waals surface area contributed by atoms with Gasteiger partial charge in [0, 0.05) is 30.3 Å². The summed E-state index contributed by atoms with van der Waals surface area (Å²) in [4.78, 5) is 6.77. The van der Waals surface area contributed by atoms with E-state index in [1.807, 2.05) is 48.7 Å². The van der Waals surface area contributed by atoms with E-state index in [1.165, 1.54) is 5.56 Å². The van der Waals surface area contributed by atoms with Crippen LogP contribution in [0.15, 0.2) is 67.1 Å². The number of thiocarbonyl (C=S) groups is 1. The Bertz CT molecular complexity index is 952. The van der Waals surface area contributed by atoms with E-state index in [0.717, 1.165) is 17.1 Å². The number of nitrogens with zero attached hydrogens (tertiary/aromatic N) is 3. The van der Waals surface area contributed by atoms with Crippen LogP contribution in [0.4, 0.5) is 5.69 Å². The van der Waals surface area contributed by atoms with Crippen LogP contribution in [0.5, 0.6) is 5.75 Å². The number of benzene rings is 1. The second-order valence-electron chi connectivity index (χ2n) is 7.18. The number of pyridine rings is 1. The molecule has 2 aromatic heterocycles. The van der Waals surface area contributed by atoms with Crippen molar-refractivity contribution in [3.63, 3.8) is 0 Å². The minimum Gasteiger partial charge on any atom is -0.497 e. The van der Waals surface area contributed by atoms with Gasteiger partial charge in [-0.2, -0.15) is 0 Å². The van der Waals surface area contributed by atoms with Crippen molar-refractivity contribution in [1.29, 1.82) is 0 Å². The lowest BCUT2D eigenvalue weighted by Gasteiger charge is -2.27. The monoisotopic (exact) mass is 392 g/mol. The molecular weight excluding hydrogens is 368 g/mol. The van der Waals surface area contributed by atoms with Crippen LogP contribution in [0.3, 0.4) is 0 Å². The molecule has 1 aliphatic rings. The first kappa shape index (κ1) is 18.5. The number of hydrogen-bond donors (Lipinski definition) is 1. The molecule has 1 saturated heterocycles. The Morgan fingerprint density at radius 3 is 2.50 bits per heavy atom. The summed E-state index contributed by atoms with van der Waals surface area (Å²) < 4.78 is 7.53. The molecule has 4 rings (SSSR count). The summed E-state index contributed by atoms with van der Waals surface area (Å²) >= 11 is 5.75. The van der Waals surface area contributed by atoms with E-state index in [-0.39, 0.29) is 12.1 Å². The molecule has 1 fully saturated rings. The summed E-state index contributed by atoms with van der Waals surface area (Å²) in [5.74, 6) is 0.825. The molecule has 0 spiro atoms. The highest BCUT2D eigenvalue weighted by Crippen LogP contribution is 2.42. The summed E-state index contributed by atoms with van der Waals surface area (Å²) in [6.07, 6.45) is 6.16. The molecule has 28 heavy (non-hydrogen) atoms. The van der Waals surface area contributed by atoms with Gasteiger partial charge in [-0.1, -0.05) is 6.07 Å². The van der Waals surface area contributed by atoms with Crippen LogP contribution in [0, 0.1) is 0 Å². The topological polar surface area (TPSA) is 42.3 Å². The van der Waals surface area contributed by atoms with E-state index in [9.17, 15) is 0 Å². The molecular formula is C22H24N4OS. The number of hydrogen-bond acceptors (Lipinski definition) is 3. The maximum atomic E-state index is 5.75. The van der Waals surface area contributed by atoms with Crippen LogP contribution in [-0.2, 0) is 0 Å². The van der Waals surface area contributed by atoms with Gasteiger partial charge in [-0.25, -0.2) is 0 Å². The molecule has 3 aromatic rings. The fourth-order valence-electron chi connectivity index (χ4n) is 3.64. The Morgan fingerprint density at radius 1 is 1.11 bits per heavy atom. The van der Waals surface area contributed by atoms with Crippen LogP contribution in [0.25, 0.3) is 0 Å². The molecule has 0 amide bonds. The van der Waals surface area contributed by atoms with Crippen LogP contribution in [0.1, 0.15) is 43.2 Å². The fraction of sp³-hybridized carbons (Fsp3) is 0.273. The molecule has 1 aliphatic heterocycles. The lowest BCUT2D eigenvalue weighted by molar-refractivity contribution is 0.415. The first-order valence-corrected chi connectivity index (χ1v) is 9.81. The van der Waals surface area contributed by atoms with Crippen molar-refractivity contribution in [1.82, 2.24) is 14.9 Å². The highest BCUT2D eigenvalue weighted by atomic mass is 32.1. The normalized spacial score (nSPS) is 19.1. The van der Waals surface area contributed by atoms with Gasteiger partial charge in [0.25, 0.3) is 0 Å². The predicted molar refractivity (Wildman–Crippen MR) is 116 cm³/mol. The SMILES string of the molecule is COc1ccc(N2C(=S)N[C@@H](c3ccccn3)[C@@H]2c2ccn(C(C)C)c2)cc1. The lowest BCUT2D eigenvalue weighted by atomic mass is 9.98. The third-order valence-electron chi connectivity index (χ3n) is 5.12. The number of ether oxygens (including phenoxy) is 1. The van der Waals surface area contributed by atoms with Crippen LogP contribution in [-0.4, -0.2) is 21.8 Å². The van der Waals surface area contributed by atoms with Crippen molar-refractivity contribution < 1.29 is 4.74 Å².